The van der Waals surface area contributed by atoms with Gasteiger partial charge in [0.15, 0.2) is 0 Å². The van der Waals surface area contributed by atoms with Crippen molar-refractivity contribution < 1.29 is 0 Å². The van der Waals surface area contributed by atoms with E-state index in [0.29, 0.717) is 6.17 Å². The molecule has 1 atom stereocenters. The van der Waals surface area contributed by atoms with Crippen molar-refractivity contribution in [2.75, 3.05) is 19.6 Å². The van der Waals surface area contributed by atoms with Crippen LogP contribution in [-0.2, 0) is 0 Å². The lowest BCUT2D eigenvalue weighted by Crippen LogP contribution is -2.69. The Hall–Kier alpha value is -0.120. The van der Waals surface area contributed by atoms with Crippen molar-refractivity contribution in [3.05, 3.63) is 0 Å². The summed E-state index contributed by atoms with van der Waals surface area (Å²) in [6.45, 7) is 11.2. The van der Waals surface area contributed by atoms with Crippen LogP contribution in [0.4, 0.5) is 0 Å². The summed E-state index contributed by atoms with van der Waals surface area (Å²) in [6.07, 6.45) is 24.7. The van der Waals surface area contributed by atoms with E-state index in [1.165, 1.54) is 129 Å². The molecule has 0 aromatic carbocycles. The third-order valence-electron chi connectivity index (χ3n) is 8.39. The van der Waals surface area contributed by atoms with Crippen molar-refractivity contribution in [1.82, 2.24) is 15.1 Å². The minimum Gasteiger partial charge on any atom is -0.300 e. The number of nitrogens with zero attached hydrogens (tertiary/aromatic N) is 2. The Labute approximate surface area is 188 Å². The molecule has 0 spiro atoms. The van der Waals surface area contributed by atoms with Gasteiger partial charge in [0.25, 0.3) is 0 Å². The van der Waals surface area contributed by atoms with Crippen LogP contribution in [0, 0.1) is 0 Å². The molecule has 1 heterocycles. The van der Waals surface area contributed by atoms with Gasteiger partial charge in [-0.1, -0.05) is 77.6 Å². The van der Waals surface area contributed by atoms with E-state index in [1.807, 2.05) is 0 Å². The standard InChI is InChI=1S/C27H53N3/c1-4-5-6-7-8-9-10-15-22-29-23-16-21-28-26(29)27(2,3)30(24-17-11-12-18-24)25-19-13-14-20-25/h24-26,28H,4-23H2,1-3H3. The van der Waals surface area contributed by atoms with Gasteiger partial charge in [0.1, 0.15) is 0 Å². The summed E-state index contributed by atoms with van der Waals surface area (Å²) in [5.74, 6) is 0. The van der Waals surface area contributed by atoms with Gasteiger partial charge in [-0.3, -0.25) is 9.80 Å². The molecule has 3 aliphatic rings. The fourth-order valence-electron chi connectivity index (χ4n) is 6.91. The van der Waals surface area contributed by atoms with Crippen LogP contribution < -0.4 is 5.32 Å². The summed E-state index contributed by atoms with van der Waals surface area (Å²) in [4.78, 5) is 5.87. The van der Waals surface area contributed by atoms with Gasteiger partial charge in [0, 0.05) is 24.2 Å². The fourth-order valence-corrected chi connectivity index (χ4v) is 6.91. The molecule has 176 valence electrons. The quantitative estimate of drug-likeness (QED) is 0.334. The summed E-state index contributed by atoms with van der Waals surface area (Å²) in [6, 6.07) is 1.66. The molecular formula is C27H53N3. The zero-order chi connectivity index (χ0) is 21.2. The molecule has 1 N–H and O–H groups in total. The predicted molar refractivity (Wildman–Crippen MR) is 131 cm³/mol. The second-order valence-corrected chi connectivity index (χ2v) is 11.2. The zero-order valence-electron chi connectivity index (χ0n) is 20.8. The average molecular weight is 420 g/mol. The van der Waals surface area contributed by atoms with Crippen molar-refractivity contribution in [1.29, 1.82) is 0 Å². The molecule has 1 aliphatic heterocycles. The van der Waals surface area contributed by atoms with Crippen LogP contribution in [0.25, 0.3) is 0 Å². The van der Waals surface area contributed by atoms with Crippen LogP contribution in [0.2, 0.25) is 0 Å². The van der Waals surface area contributed by atoms with Crippen molar-refractivity contribution >= 4 is 0 Å². The van der Waals surface area contributed by atoms with E-state index in [4.69, 9.17) is 0 Å². The Morgan fingerprint density at radius 2 is 1.30 bits per heavy atom. The summed E-state index contributed by atoms with van der Waals surface area (Å²) in [5, 5.41) is 4.00. The molecule has 30 heavy (non-hydrogen) atoms. The maximum Gasteiger partial charge on any atom is 0.0781 e. The van der Waals surface area contributed by atoms with Crippen LogP contribution in [0.1, 0.15) is 130 Å². The first kappa shape index (κ1) is 24.5. The monoisotopic (exact) mass is 419 g/mol. The second kappa shape index (κ2) is 12.8. The predicted octanol–water partition coefficient (Wildman–Crippen LogP) is 6.71. The van der Waals surface area contributed by atoms with Gasteiger partial charge in [-0.15, -0.1) is 0 Å². The first-order valence-electron chi connectivity index (χ1n) is 13.9. The topological polar surface area (TPSA) is 18.5 Å². The molecule has 0 bridgehead atoms. The summed E-state index contributed by atoms with van der Waals surface area (Å²) in [7, 11) is 0. The van der Waals surface area contributed by atoms with E-state index < -0.39 is 0 Å². The van der Waals surface area contributed by atoms with Crippen LogP contribution >= 0.6 is 0 Å². The number of hydrogen-bond donors (Lipinski definition) is 1. The molecule has 3 heteroatoms. The van der Waals surface area contributed by atoms with E-state index in [1.54, 1.807) is 0 Å². The first-order valence-corrected chi connectivity index (χ1v) is 13.9. The highest BCUT2D eigenvalue weighted by molar-refractivity contribution is 5.01. The van der Waals surface area contributed by atoms with Gasteiger partial charge in [-0.25, -0.2) is 0 Å². The molecule has 2 aliphatic carbocycles. The lowest BCUT2D eigenvalue weighted by Gasteiger charge is -2.54. The summed E-state index contributed by atoms with van der Waals surface area (Å²) >= 11 is 0. The normalized spacial score (nSPS) is 25.0. The minimum atomic E-state index is 0.227. The van der Waals surface area contributed by atoms with Crippen molar-refractivity contribution in [2.24, 2.45) is 0 Å². The van der Waals surface area contributed by atoms with Gasteiger partial charge in [-0.2, -0.15) is 0 Å². The summed E-state index contributed by atoms with van der Waals surface area (Å²) in [5.41, 5.74) is 0.227. The Morgan fingerprint density at radius 1 is 0.767 bits per heavy atom. The van der Waals surface area contributed by atoms with Crippen LogP contribution in [-0.4, -0.2) is 53.2 Å². The maximum atomic E-state index is 4.00. The molecule has 0 amide bonds. The minimum absolute atomic E-state index is 0.227. The van der Waals surface area contributed by atoms with E-state index >= 15 is 0 Å². The molecule has 0 aromatic heterocycles. The third kappa shape index (κ3) is 6.69. The molecule has 3 rings (SSSR count). The molecule has 3 nitrogen and oxygen atoms in total. The molecule has 0 radical (unpaired) electrons. The highest BCUT2D eigenvalue weighted by Gasteiger charge is 2.46. The SMILES string of the molecule is CCCCCCCCCCN1CCCNC1C(C)(C)N(C1CCCC1)C1CCCC1. The Kier molecular flexibility index (Phi) is 10.5. The van der Waals surface area contributed by atoms with Gasteiger partial charge < -0.3 is 5.32 Å². The highest BCUT2D eigenvalue weighted by Crippen LogP contribution is 2.39. The maximum absolute atomic E-state index is 4.00. The highest BCUT2D eigenvalue weighted by atomic mass is 15.4. The van der Waals surface area contributed by atoms with E-state index in [-0.39, 0.29) is 5.54 Å². The Morgan fingerprint density at radius 3 is 1.87 bits per heavy atom. The molecule has 0 aromatic rings. The van der Waals surface area contributed by atoms with Crippen molar-refractivity contribution in [3.8, 4) is 0 Å². The van der Waals surface area contributed by atoms with E-state index in [0.717, 1.165) is 12.1 Å². The van der Waals surface area contributed by atoms with Crippen LogP contribution in [0.5, 0.6) is 0 Å². The Balaban J connectivity index is 1.54. The molecule has 1 unspecified atom stereocenters. The van der Waals surface area contributed by atoms with E-state index in [9.17, 15) is 0 Å². The van der Waals surface area contributed by atoms with Gasteiger partial charge in [0.05, 0.1) is 6.17 Å². The lowest BCUT2D eigenvalue weighted by atomic mass is 9.89. The van der Waals surface area contributed by atoms with Gasteiger partial charge >= 0.3 is 0 Å². The van der Waals surface area contributed by atoms with Crippen molar-refractivity contribution in [3.63, 3.8) is 0 Å². The van der Waals surface area contributed by atoms with Crippen LogP contribution in [0.3, 0.4) is 0 Å². The third-order valence-corrected chi connectivity index (χ3v) is 8.39. The lowest BCUT2D eigenvalue weighted by molar-refractivity contribution is -0.0565. The van der Waals surface area contributed by atoms with E-state index in [2.05, 4.69) is 35.9 Å². The average Bonchev–Trinajstić information content (AvgIpc) is 3.45. The number of hydrogen-bond acceptors (Lipinski definition) is 3. The first-order chi connectivity index (χ1) is 14.6. The second-order valence-electron chi connectivity index (χ2n) is 11.2. The molecule has 2 saturated carbocycles. The molecule has 3 fully saturated rings. The molecule has 1 saturated heterocycles. The van der Waals surface area contributed by atoms with Crippen molar-refractivity contribution in [2.45, 2.75) is 154 Å². The molecular weight excluding hydrogens is 366 g/mol. The largest absolute Gasteiger partial charge is 0.300 e. The van der Waals surface area contributed by atoms with Crippen LogP contribution in [0.15, 0.2) is 0 Å². The van der Waals surface area contributed by atoms with Gasteiger partial charge in [-0.05, 0) is 65.5 Å². The smallest absolute Gasteiger partial charge is 0.0781 e. The summed E-state index contributed by atoms with van der Waals surface area (Å²) < 4.78 is 0. The number of rotatable bonds is 13. The number of nitrogens with one attached hydrogen (secondary N) is 1. The number of unbranched alkanes of at least 4 members (excludes halogenated alkanes) is 7. The van der Waals surface area contributed by atoms with Gasteiger partial charge in [0.2, 0.25) is 0 Å². The zero-order valence-corrected chi connectivity index (χ0v) is 20.8. The fraction of sp³-hybridized carbons (Fsp3) is 1.00. The Bertz CT molecular complexity index is 435.